The lowest BCUT2D eigenvalue weighted by Crippen LogP contribution is -2.27. The molecule has 0 spiro atoms. The predicted octanol–water partition coefficient (Wildman–Crippen LogP) is 4.76. The van der Waals surface area contributed by atoms with Gasteiger partial charge in [-0.1, -0.05) is 45.0 Å². The highest BCUT2D eigenvalue weighted by atomic mass is 16.5. The van der Waals surface area contributed by atoms with Gasteiger partial charge in [0.1, 0.15) is 11.6 Å². The molecule has 0 atom stereocenters. The average molecular weight is 366 g/mol. The van der Waals surface area contributed by atoms with E-state index in [4.69, 9.17) is 9.72 Å². The molecule has 0 N–H and O–H groups in total. The summed E-state index contributed by atoms with van der Waals surface area (Å²) >= 11 is 0. The van der Waals surface area contributed by atoms with Gasteiger partial charge in [0.25, 0.3) is 0 Å². The summed E-state index contributed by atoms with van der Waals surface area (Å²) in [4.78, 5) is 7.38. The van der Waals surface area contributed by atoms with Crippen molar-refractivity contribution in [3.8, 4) is 5.75 Å². The Hall–Kier alpha value is -2.33. The van der Waals surface area contributed by atoms with Gasteiger partial charge in [0.15, 0.2) is 0 Å². The van der Waals surface area contributed by atoms with Crippen LogP contribution in [0.1, 0.15) is 38.6 Å². The van der Waals surface area contributed by atoms with Gasteiger partial charge in [-0.2, -0.15) is 0 Å². The van der Waals surface area contributed by atoms with Gasteiger partial charge in [0.2, 0.25) is 0 Å². The maximum atomic E-state index is 5.70. The Morgan fingerprint density at radius 1 is 0.963 bits per heavy atom. The minimum Gasteiger partial charge on any atom is -0.494 e. The number of benzene rings is 2. The summed E-state index contributed by atoms with van der Waals surface area (Å²) in [6, 6.07) is 16.9. The van der Waals surface area contributed by atoms with Crippen molar-refractivity contribution in [2.75, 3.05) is 26.2 Å². The van der Waals surface area contributed by atoms with Crippen molar-refractivity contribution in [1.82, 2.24) is 14.5 Å². The van der Waals surface area contributed by atoms with E-state index < -0.39 is 0 Å². The SMILES string of the molecule is CCCOc1ccc(Cc2nc3ccccc3n2CCN(CC)CC)cc1. The molecule has 27 heavy (non-hydrogen) atoms. The summed E-state index contributed by atoms with van der Waals surface area (Å²) in [5.74, 6) is 2.07. The van der Waals surface area contributed by atoms with E-state index in [2.05, 4.69) is 78.8 Å². The molecule has 4 heteroatoms. The molecule has 0 radical (unpaired) electrons. The Bertz CT molecular complexity index is 834. The summed E-state index contributed by atoms with van der Waals surface area (Å²) < 4.78 is 8.08. The van der Waals surface area contributed by atoms with Crippen LogP contribution in [0.5, 0.6) is 5.75 Å². The maximum absolute atomic E-state index is 5.70. The van der Waals surface area contributed by atoms with Gasteiger partial charge in [-0.05, 0) is 49.3 Å². The van der Waals surface area contributed by atoms with Crippen molar-refractivity contribution in [2.24, 2.45) is 0 Å². The Morgan fingerprint density at radius 3 is 2.41 bits per heavy atom. The molecule has 0 aliphatic rings. The number of rotatable bonds is 10. The highest BCUT2D eigenvalue weighted by Gasteiger charge is 2.12. The predicted molar refractivity (Wildman–Crippen MR) is 113 cm³/mol. The van der Waals surface area contributed by atoms with E-state index in [1.165, 1.54) is 11.1 Å². The average Bonchev–Trinajstić information content (AvgIpc) is 3.05. The van der Waals surface area contributed by atoms with Gasteiger partial charge in [-0.15, -0.1) is 0 Å². The fraction of sp³-hybridized carbons (Fsp3) is 0.435. The van der Waals surface area contributed by atoms with Crippen LogP contribution in [-0.4, -0.2) is 40.7 Å². The van der Waals surface area contributed by atoms with Crippen molar-refractivity contribution in [3.63, 3.8) is 0 Å². The van der Waals surface area contributed by atoms with Gasteiger partial charge in [0, 0.05) is 19.5 Å². The van der Waals surface area contributed by atoms with E-state index in [0.29, 0.717) is 0 Å². The monoisotopic (exact) mass is 365 g/mol. The third-order valence-electron chi connectivity index (χ3n) is 5.03. The normalized spacial score (nSPS) is 11.4. The lowest BCUT2D eigenvalue weighted by Gasteiger charge is -2.19. The first kappa shape index (κ1) is 19.4. The van der Waals surface area contributed by atoms with E-state index in [9.17, 15) is 0 Å². The largest absolute Gasteiger partial charge is 0.494 e. The van der Waals surface area contributed by atoms with Crippen molar-refractivity contribution >= 4 is 11.0 Å². The number of imidazole rings is 1. The first-order valence-corrected chi connectivity index (χ1v) is 10.1. The second-order valence-electron chi connectivity index (χ2n) is 6.86. The summed E-state index contributed by atoms with van der Waals surface area (Å²) in [5, 5.41) is 0. The second kappa shape index (κ2) is 9.56. The number of nitrogens with zero attached hydrogens (tertiary/aromatic N) is 3. The zero-order valence-corrected chi connectivity index (χ0v) is 16.8. The topological polar surface area (TPSA) is 30.3 Å². The molecule has 0 saturated carbocycles. The minimum absolute atomic E-state index is 0.764. The minimum atomic E-state index is 0.764. The molecule has 1 heterocycles. The van der Waals surface area contributed by atoms with E-state index >= 15 is 0 Å². The highest BCUT2D eigenvalue weighted by molar-refractivity contribution is 5.76. The molecule has 0 unspecified atom stereocenters. The molecule has 0 fully saturated rings. The fourth-order valence-electron chi connectivity index (χ4n) is 3.40. The molecule has 0 amide bonds. The van der Waals surface area contributed by atoms with Crippen LogP contribution in [0.3, 0.4) is 0 Å². The first-order valence-electron chi connectivity index (χ1n) is 10.1. The lowest BCUT2D eigenvalue weighted by molar-refractivity contribution is 0.291. The van der Waals surface area contributed by atoms with E-state index in [1.54, 1.807) is 0 Å². The van der Waals surface area contributed by atoms with Crippen LogP contribution in [0.15, 0.2) is 48.5 Å². The van der Waals surface area contributed by atoms with Crippen LogP contribution in [-0.2, 0) is 13.0 Å². The van der Waals surface area contributed by atoms with Gasteiger partial charge >= 0.3 is 0 Å². The van der Waals surface area contributed by atoms with Crippen LogP contribution in [0.25, 0.3) is 11.0 Å². The van der Waals surface area contributed by atoms with Crippen molar-refractivity contribution in [1.29, 1.82) is 0 Å². The number of ether oxygens (including phenoxy) is 1. The fourth-order valence-corrected chi connectivity index (χ4v) is 3.40. The number of fused-ring (bicyclic) bond motifs is 1. The van der Waals surface area contributed by atoms with Crippen LogP contribution >= 0.6 is 0 Å². The molecule has 4 nitrogen and oxygen atoms in total. The van der Waals surface area contributed by atoms with Gasteiger partial charge in [0.05, 0.1) is 17.6 Å². The highest BCUT2D eigenvalue weighted by Crippen LogP contribution is 2.20. The third kappa shape index (κ3) is 4.89. The molecule has 1 aromatic heterocycles. The molecule has 0 aliphatic heterocycles. The quantitative estimate of drug-likeness (QED) is 0.519. The van der Waals surface area contributed by atoms with Gasteiger partial charge < -0.3 is 14.2 Å². The molecule has 0 saturated heterocycles. The van der Waals surface area contributed by atoms with E-state index in [1.807, 2.05) is 0 Å². The second-order valence-corrected chi connectivity index (χ2v) is 6.86. The number of hydrogen-bond donors (Lipinski definition) is 0. The van der Waals surface area contributed by atoms with Crippen LogP contribution in [0.4, 0.5) is 0 Å². The lowest BCUT2D eigenvalue weighted by atomic mass is 10.1. The Morgan fingerprint density at radius 2 is 1.70 bits per heavy atom. The number of aromatic nitrogens is 2. The zero-order chi connectivity index (χ0) is 19.1. The Labute approximate surface area is 162 Å². The van der Waals surface area contributed by atoms with E-state index in [0.717, 1.165) is 62.7 Å². The Balaban J connectivity index is 1.81. The van der Waals surface area contributed by atoms with Crippen LogP contribution in [0.2, 0.25) is 0 Å². The number of para-hydroxylation sites is 2. The molecule has 0 bridgehead atoms. The summed E-state index contributed by atoms with van der Waals surface area (Å²) in [7, 11) is 0. The van der Waals surface area contributed by atoms with Gasteiger partial charge in [-0.25, -0.2) is 4.98 Å². The molecule has 3 aromatic rings. The van der Waals surface area contributed by atoms with Gasteiger partial charge in [-0.3, -0.25) is 0 Å². The summed E-state index contributed by atoms with van der Waals surface area (Å²) in [5.41, 5.74) is 3.57. The third-order valence-corrected chi connectivity index (χ3v) is 5.03. The summed E-state index contributed by atoms with van der Waals surface area (Å²) in [6.45, 7) is 11.5. The van der Waals surface area contributed by atoms with Crippen molar-refractivity contribution in [2.45, 2.75) is 40.2 Å². The zero-order valence-electron chi connectivity index (χ0n) is 16.8. The smallest absolute Gasteiger partial charge is 0.119 e. The molecule has 2 aromatic carbocycles. The number of likely N-dealkylation sites (N-methyl/N-ethyl adjacent to an activating group) is 1. The first-order chi connectivity index (χ1) is 13.2. The van der Waals surface area contributed by atoms with E-state index in [-0.39, 0.29) is 0 Å². The molecule has 0 aliphatic carbocycles. The molecule has 144 valence electrons. The number of hydrogen-bond acceptors (Lipinski definition) is 3. The van der Waals surface area contributed by atoms with Crippen LogP contribution < -0.4 is 4.74 Å². The summed E-state index contributed by atoms with van der Waals surface area (Å²) in [6.07, 6.45) is 1.86. The molecular weight excluding hydrogens is 334 g/mol. The standard InChI is InChI=1S/C23H31N3O/c1-4-17-27-20-13-11-19(12-14-20)18-23-24-21-9-7-8-10-22(21)26(23)16-15-25(5-2)6-3/h7-14H,4-6,15-18H2,1-3H3. The van der Waals surface area contributed by atoms with Crippen molar-refractivity contribution < 1.29 is 4.74 Å². The maximum Gasteiger partial charge on any atom is 0.119 e. The van der Waals surface area contributed by atoms with Crippen LogP contribution in [0, 0.1) is 0 Å². The molecular formula is C23H31N3O. The Kier molecular flexibility index (Phi) is 6.88. The molecule has 3 rings (SSSR count). The van der Waals surface area contributed by atoms with Crippen molar-refractivity contribution in [3.05, 3.63) is 59.9 Å².